The molecule has 0 radical (unpaired) electrons. The summed E-state index contributed by atoms with van der Waals surface area (Å²) in [5.41, 5.74) is 2.72. The molecule has 0 aliphatic carbocycles. The van der Waals surface area contributed by atoms with E-state index in [4.69, 9.17) is 0 Å². The van der Waals surface area contributed by atoms with Gasteiger partial charge in [0, 0.05) is 12.0 Å². The number of hydrogen-bond acceptors (Lipinski definition) is 7. The Morgan fingerprint density at radius 2 is 2.17 bits per heavy atom. The fraction of sp³-hybridized carbons (Fsp3) is 0.400. The highest BCUT2D eigenvalue weighted by Crippen LogP contribution is 2.36. The number of rotatable bonds is 6. The van der Waals surface area contributed by atoms with Crippen LogP contribution < -0.4 is 10.2 Å². The molecule has 0 amide bonds. The van der Waals surface area contributed by atoms with Gasteiger partial charge in [-0.05, 0) is 22.4 Å². The van der Waals surface area contributed by atoms with E-state index >= 15 is 0 Å². The zero-order valence-electron chi connectivity index (χ0n) is 16.3. The monoisotopic (exact) mass is 410 g/mol. The number of hydrogen-bond donors (Lipinski definition) is 3. The minimum absolute atomic E-state index is 0.0385. The highest BCUT2D eigenvalue weighted by atomic mass is 32.1. The number of anilines is 1. The molecule has 1 aromatic carbocycles. The second-order valence-electron chi connectivity index (χ2n) is 7.56. The molecule has 4 aromatic rings. The molecular formula is C20H24N7OS+. The van der Waals surface area contributed by atoms with Gasteiger partial charge in [-0.1, -0.05) is 42.4 Å². The molecule has 0 bridgehead atoms. The van der Waals surface area contributed by atoms with Crippen LogP contribution in [0.15, 0.2) is 30.3 Å². The molecular weight excluding hydrogens is 386 g/mol. The van der Waals surface area contributed by atoms with Gasteiger partial charge in [-0.25, -0.2) is 0 Å². The van der Waals surface area contributed by atoms with Crippen LogP contribution in [0.4, 0.5) is 5.82 Å². The Labute approximate surface area is 172 Å². The summed E-state index contributed by atoms with van der Waals surface area (Å²) in [4.78, 5) is 8.64. The van der Waals surface area contributed by atoms with Gasteiger partial charge in [0.15, 0.2) is 0 Å². The Morgan fingerprint density at radius 1 is 1.31 bits per heavy atom. The van der Waals surface area contributed by atoms with Crippen LogP contribution in [0.5, 0.6) is 0 Å². The quantitative estimate of drug-likeness (QED) is 0.440. The average Bonchev–Trinajstić information content (AvgIpc) is 3.36. The van der Waals surface area contributed by atoms with Crippen LogP contribution in [-0.4, -0.2) is 49.3 Å². The van der Waals surface area contributed by atoms with E-state index in [1.54, 1.807) is 20.8 Å². The predicted molar refractivity (Wildman–Crippen MR) is 112 cm³/mol. The minimum atomic E-state index is -0.0385. The van der Waals surface area contributed by atoms with Crippen LogP contribution in [0.1, 0.15) is 29.3 Å². The van der Waals surface area contributed by atoms with Crippen molar-refractivity contribution < 1.29 is 10.0 Å². The third kappa shape index (κ3) is 3.35. The summed E-state index contributed by atoms with van der Waals surface area (Å²) in [5, 5.41) is 26.2. The van der Waals surface area contributed by atoms with Gasteiger partial charge < -0.3 is 15.3 Å². The first-order valence-electron chi connectivity index (χ1n) is 10.0. The van der Waals surface area contributed by atoms with Crippen LogP contribution in [0.25, 0.3) is 16.0 Å². The van der Waals surface area contributed by atoms with Crippen molar-refractivity contribution in [2.24, 2.45) is 0 Å². The van der Waals surface area contributed by atoms with Crippen LogP contribution in [0, 0.1) is 0 Å². The van der Waals surface area contributed by atoms with E-state index in [1.165, 1.54) is 16.0 Å². The summed E-state index contributed by atoms with van der Waals surface area (Å²) in [6.45, 7) is 5.22. The van der Waals surface area contributed by atoms with Gasteiger partial charge >= 0.3 is 0 Å². The number of benzene rings is 1. The SMILES string of the molecule is CC[C@H](CO)Nc1nc2nnnn2c2sc3c(c12)CC[NH+](Cc1ccccc1)C3. The van der Waals surface area contributed by atoms with E-state index in [9.17, 15) is 5.11 Å². The van der Waals surface area contributed by atoms with Crippen molar-refractivity contribution in [1.82, 2.24) is 25.0 Å². The van der Waals surface area contributed by atoms with Gasteiger partial charge in [0.1, 0.15) is 23.7 Å². The highest BCUT2D eigenvalue weighted by molar-refractivity contribution is 7.19. The first-order valence-corrected chi connectivity index (χ1v) is 10.9. The maximum Gasteiger partial charge on any atom is 0.276 e. The molecule has 1 aliphatic heterocycles. The van der Waals surface area contributed by atoms with Crippen LogP contribution in [0.3, 0.4) is 0 Å². The topological polar surface area (TPSA) is 92.7 Å². The van der Waals surface area contributed by atoms with E-state index in [1.807, 2.05) is 0 Å². The third-order valence-corrected chi connectivity index (χ3v) is 6.86. The smallest absolute Gasteiger partial charge is 0.276 e. The molecule has 0 spiro atoms. The fourth-order valence-corrected chi connectivity index (χ4v) is 5.43. The molecule has 0 fully saturated rings. The lowest BCUT2D eigenvalue weighted by atomic mass is 10.0. The van der Waals surface area contributed by atoms with Crippen molar-refractivity contribution in [2.45, 2.75) is 38.9 Å². The van der Waals surface area contributed by atoms with Gasteiger partial charge in [0.2, 0.25) is 0 Å². The zero-order chi connectivity index (χ0) is 19.8. The molecule has 3 aromatic heterocycles. The maximum atomic E-state index is 9.66. The Balaban J connectivity index is 1.55. The Hall–Kier alpha value is -2.62. The van der Waals surface area contributed by atoms with Gasteiger partial charge in [0.25, 0.3) is 5.78 Å². The average molecular weight is 411 g/mol. The molecule has 0 saturated carbocycles. The third-order valence-electron chi connectivity index (χ3n) is 5.66. The Bertz CT molecular complexity index is 1140. The van der Waals surface area contributed by atoms with Crippen molar-refractivity contribution in [3.63, 3.8) is 0 Å². The molecule has 5 rings (SSSR count). The summed E-state index contributed by atoms with van der Waals surface area (Å²) in [5.74, 6) is 1.27. The van der Waals surface area contributed by atoms with Crippen molar-refractivity contribution in [3.8, 4) is 0 Å². The van der Waals surface area contributed by atoms with E-state index < -0.39 is 0 Å². The first kappa shape index (κ1) is 18.4. The van der Waals surface area contributed by atoms with Crippen LogP contribution in [-0.2, 0) is 19.5 Å². The molecule has 8 nitrogen and oxygen atoms in total. The number of nitrogens with one attached hydrogen (secondary N) is 2. The molecule has 1 aliphatic rings. The van der Waals surface area contributed by atoms with Gasteiger partial charge in [0.05, 0.1) is 29.5 Å². The lowest BCUT2D eigenvalue weighted by Gasteiger charge is -2.24. The summed E-state index contributed by atoms with van der Waals surface area (Å²) in [6, 6.07) is 10.6. The fourth-order valence-electron chi connectivity index (χ4n) is 4.07. The number of quaternary nitrogens is 1. The van der Waals surface area contributed by atoms with Crippen molar-refractivity contribution in [2.75, 3.05) is 18.5 Å². The Kier molecular flexibility index (Phi) is 4.86. The number of thiophene rings is 1. The van der Waals surface area contributed by atoms with Gasteiger partial charge in [-0.15, -0.1) is 11.3 Å². The molecule has 150 valence electrons. The van der Waals surface area contributed by atoms with E-state index in [0.29, 0.717) is 5.78 Å². The number of nitrogens with zero attached hydrogens (tertiary/aromatic N) is 5. The summed E-state index contributed by atoms with van der Waals surface area (Å²) in [6.07, 6.45) is 1.81. The Morgan fingerprint density at radius 3 is 2.97 bits per heavy atom. The van der Waals surface area contributed by atoms with Crippen molar-refractivity contribution in [3.05, 3.63) is 46.3 Å². The predicted octanol–water partition coefficient (Wildman–Crippen LogP) is 1.06. The molecule has 4 heterocycles. The van der Waals surface area contributed by atoms with E-state index in [0.717, 1.165) is 48.5 Å². The lowest BCUT2D eigenvalue weighted by molar-refractivity contribution is -0.929. The summed E-state index contributed by atoms with van der Waals surface area (Å²) < 4.78 is 1.74. The standard InChI is InChI=1S/C20H23N7OS/c1-2-14(12-28)21-18-17-15-8-9-26(10-13-6-4-3-5-7-13)11-16(15)29-19(17)27-20(22-18)23-24-25-27/h3-7,14,28H,2,8-12H2,1H3,(H,21,22,23,25)/p+1/t14-/m1/s1. The number of tetrazole rings is 1. The number of aromatic nitrogens is 5. The van der Waals surface area contributed by atoms with Crippen LogP contribution >= 0.6 is 11.3 Å². The van der Waals surface area contributed by atoms with Crippen molar-refractivity contribution in [1.29, 1.82) is 0 Å². The van der Waals surface area contributed by atoms with Gasteiger partial charge in [-0.3, -0.25) is 0 Å². The maximum absolute atomic E-state index is 9.66. The normalized spacial score (nSPS) is 17.5. The first-order chi connectivity index (χ1) is 14.3. The summed E-state index contributed by atoms with van der Waals surface area (Å²) in [7, 11) is 0. The van der Waals surface area contributed by atoms with Crippen molar-refractivity contribution >= 4 is 33.1 Å². The highest BCUT2D eigenvalue weighted by Gasteiger charge is 2.28. The zero-order valence-corrected chi connectivity index (χ0v) is 17.1. The second kappa shape index (κ2) is 7.66. The lowest BCUT2D eigenvalue weighted by Crippen LogP contribution is -3.10. The largest absolute Gasteiger partial charge is 0.394 e. The van der Waals surface area contributed by atoms with E-state index in [-0.39, 0.29) is 12.6 Å². The summed E-state index contributed by atoms with van der Waals surface area (Å²) >= 11 is 1.76. The molecule has 1 unspecified atom stereocenters. The van der Waals surface area contributed by atoms with Gasteiger partial charge in [-0.2, -0.15) is 9.50 Å². The molecule has 2 atom stereocenters. The minimum Gasteiger partial charge on any atom is -0.394 e. The van der Waals surface area contributed by atoms with E-state index in [2.05, 4.69) is 63.1 Å². The number of aliphatic hydroxyl groups excluding tert-OH is 1. The molecule has 0 saturated heterocycles. The number of fused-ring (bicyclic) bond motifs is 5. The molecule has 3 N–H and O–H groups in total. The molecule has 29 heavy (non-hydrogen) atoms. The second-order valence-corrected chi connectivity index (χ2v) is 8.64. The number of aliphatic hydroxyl groups is 1. The van der Waals surface area contributed by atoms with Crippen LogP contribution in [0.2, 0.25) is 0 Å². The molecule has 9 heteroatoms.